The van der Waals surface area contributed by atoms with Crippen molar-refractivity contribution < 1.29 is 0 Å². The maximum Gasteiger partial charge on any atom is 0.0502 e. The summed E-state index contributed by atoms with van der Waals surface area (Å²) in [6.45, 7) is 17.1. The first-order valence-corrected chi connectivity index (χ1v) is 9.26. The molecule has 0 amide bonds. The SMILES string of the molecule is C=CC(CCC(=C)NC)N(C)C(=C)/C=C\C(=C/N(C)C)NCCNCC. The Bertz CT molecular complexity index is 491. The summed E-state index contributed by atoms with van der Waals surface area (Å²) in [4.78, 5) is 4.18. The van der Waals surface area contributed by atoms with Crippen LogP contribution in [0.15, 0.2) is 61.3 Å². The molecule has 0 bridgehead atoms. The highest BCUT2D eigenvalue weighted by Crippen LogP contribution is 2.15. The van der Waals surface area contributed by atoms with Gasteiger partial charge in [-0.3, -0.25) is 0 Å². The maximum absolute atomic E-state index is 4.20. The van der Waals surface area contributed by atoms with Crippen molar-refractivity contribution in [3.8, 4) is 0 Å². The molecular weight excluding hydrogens is 322 g/mol. The number of nitrogens with zero attached hydrogens (tertiary/aromatic N) is 2. The molecule has 0 rings (SSSR count). The van der Waals surface area contributed by atoms with Crippen molar-refractivity contribution in [1.29, 1.82) is 0 Å². The monoisotopic (exact) mass is 361 g/mol. The van der Waals surface area contributed by atoms with E-state index in [0.29, 0.717) is 0 Å². The topological polar surface area (TPSA) is 42.6 Å². The van der Waals surface area contributed by atoms with Crippen molar-refractivity contribution >= 4 is 0 Å². The normalized spacial score (nSPS) is 12.6. The minimum atomic E-state index is 0.222. The van der Waals surface area contributed by atoms with Gasteiger partial charge in [-0.2, -0.15) is 0 Å². The molecule has 26 heavy (non-hydrogen) atoms. The molecule has 1 unspecified atom stereocenters. The lowest BCUT2D eigenvalue weighted by atomic mass is 10.1. The highest BCUT2D eigenvalue weighted by Gasteiger charge is 2.11. The zero-order valence-electron chi connectivity index (χ0n) is 17.4. The van der Waals surface area contributed by atoms with Crippen molar-refractivity contribution in [2.75, 3.05) is 47.8 Å². The van der Waals surface area contributed by atoms with E-state index in [0.717, 1.165) is 49.6 Å². The van der Waals surface area contributed by atoms with Gasteiger partial charge in [-0.25, -0.2) is 0 Å². The second-order valence-corrected chi connectivity index (χ2v) is 6.46. The number of hydrogen-bond donors (Lipinski definition) is 3. The summed E-state index contributed by atoms with van der Waals surface area (Å²) in [5.41, 5.74) is 3.04. The first-order valence-electron chi connectivity index (χ1n) is 9.26. The van der Waals surface area contributed by atoms with Crippen LogP contribution in [0.25, 0.3) is 0 Å². The molecule has 5 heteroatoms. The summed E-state index contributed by atoms with van der Waals surface area (Å²) >= 11 is 0. The molecule has 0 saturated carbocycles. The summed E-state index contributed by atoms with van der Waals surface area (Å²) in [6.07, 6.45) is 10.0. The van der Waals surface area contributed by atoms with E-state index in [2.05, 4.69) is 66.8 Å². The predicted octanol–water partition coefficient (Wildman–Crippen LogP) is 2.66. The molecule has 0 aromatic carbocycles. The molecule has 0 aliphatic heterocycles. The molecule has 0 radical (unpaired) electrons. The number of likely N-dealkylation sites (N-methyl/N-ethyl adjacent to an activating group) is 2. The van der Waals surface area contributed by atoms with Gasteiger partial charge in [0, 0.05) is 64.9 Å². The van der Waals surface area contributed by atoms with E-state index in [1.54, 1.807) is 0 Å². The van der Waals surface area contributed by atoms with Crippen LogP contribution in [0.3, 0.4) is 0 Å². The Morgan fingerprint density at radius 3 is 2.35 bits per heavy atom. The first kappa shape index (κ1) is 23.9. The van der Waals surface area contributed by atoms with Gasteiger partial charge in [-0.15, -0.1) is 6.58 Å². The lowest BCUT2D eigenvalue weighted by Crippen LogP contribution is -2.29. The first-order chi connectivity index (χ1) is 12.3. The molecule has 0 heterocycles. The zero-order valence-corrected chi connectivity index (χ0v) is 17.4. The van der Waals surface area contributed by atoms with E-state index in [9.17, 15) is 0 Å². The zero-order chi connectivity index (χ0) is 19.9. The van der Waals surface area contributed by atoms with E-state index < -0.39 is 0 Å². The van der Waals surface area contributed by atoms with Crippen molar-refractivity contribution in [1.82, 2.24) is 25.8 Å². The summed E-state index contributed by atoms with van der Waals surface area (Å²) < 4.78 is 0. The molecule has 0 spiro atoms. The third-order valence-corrected chi connectivity index (χ3v) is 4.05. The minimum Gasteiger partial charge on any atom is -0.392 e. The molecule has 0 aliphatic carbocycles. The molecule has 3 N–H and O–H groups in total. The highest BCUT2D eigenvalue weighted by molar-refractivity contribution is 5.25. The smallest absolute Gasteiger partial charge is 0.0502 e. The van der Waals surface area contributed by atoms with Crippen LogP contribution in [0, 0.1) is 0 Å². The van der Waals surface area contributed by atoms with Gasteiger partial charge in [0.1, 0.15) is 0 Å². The second-order valence-electron chi connectivity index (χ2n) is 6.46. The van der Waals surface area contributed by atoms with Crippen molar-refractivity contribution in [3.05, 3.63) is 61.3 Å². The predicted molar refractivity (Wildman–Crippen MR) is 116 cm³/mol. The molecule has 5 nitrogen and oxygen atoms in total. The third kappa shape index (κ3) is 10.7. The van der Waals surface area contributed by atoms with Gasteiger partial charge in [0.05, 0.1) is 5.70 Å². The fourth-order valence-corrected chi connectivity index (χ4v) is 2.33. The van der Waals surface area contributed by atoms with Crippen molar-refractivity contribution in [2.45, 2.75) is 25.8 Å². The van der Waals surface area contributed by atoms with Crippen LogP contribution in [0.2, 0.25) is 0 Å². The fourth-order valence-electron chi connectivity index (χ4n) is 2.33. The maximum atomic E-state index is 4.20. The quantitative estimate of drug-likeness (QED) is 0.238. The molecule has 0 fully saturated rings. The van der Waals surface area contributed by atoms with Gasteiger partial charge >= 0.3 is 0 Å². The van der Waals surface area contributed by atoms with Gasteiger partial charge in [0.25, 0.3) is 0 Å². The largest absolute Gasteiger partial charge is 0.392 e. The molecular formula is C21H39N5. The Balaban J connectivity index is 4.80. The lowest BCUT2D eigenvalue weighted by Gasteiger charge is -2.28. The van der Waals surface area contributed by atoms with Crippen LogP contribution >= 0.6 is 0 Å². The number of nitrogens with one attached hydrogen (secondary N) is 3. The van der Waals surface area contributed by atoms with Gasteiger partial charge in [-0.05, 0) is 31.5 Å². The average molecular weight is 362 g/mol. The van der Waals surface area contributed by atoms with Crippen molar-refractivity contribution in [3.63, 3.8) is 0 Å². The van der Waals surface area contributed by atoms with E-state index in [4.69, 9.17) is 0 Å². The number of allylic oxidation sites excluding steroid dienone is 3. The summed E-state index contributed by atoms with van der Waals surface area (Å²) in [7, 11) is 7.99. The van der Waals surface area contributed by atoms with Crippen LogP contribution in [0.4, 0.5) is 0 Å². The van der Waals surface area contributed by atoms with Crippen LogP contribution in [0.5, 0.6) is 0 Å². The summed E-state index contributed by atoms with van der Waals surface area (Å²) in [6, 6.07) is 0.222. The van der Waals surface area contributed by atoms with E-state index in [-0.39, 0.29) is 6.04 Å². The van der Waals surface area contributed by atoms with Crippen molar-refractivity contribution in [2.24, 2.45) is 0 Å². The van der Waals surface area contributed by atoms with Crippen LogP contribution < -0.4 is 16.0 Å². The van der Waals surface area contributed by atoms with Crippen LogP contribution in [-0.2, 0) is 0 Å². The summed E-state index contributed by atoms with van der Waals surface area (Å²) in [5, 5.41) is 9.85. The van der Waals surface area contributed by atoms with E-state index >= 15 is 0 Å². The Morgan fingerprint density at radius 1 is 1.12 bits per heavy atom. The number of rotatable bonds is 15. The lowest BCUT2D eigenvalue weighted by molar-refractivity contribution is 0.346. The molecule has 0 aliphatic rings. The van der Waals surface area contributed by atoms with Gasteiger partial charge in [0.2, 0.25) is 0 Å². The van der Waals surface area contributed by atoms with Crippen LogP contribution in [-0.4, -0.2) is 63.7 Å². The standard InChI is InChI=1S/C21H39N5/c1-9-21(14-11-18(3)22-5)26(8)19(4)12-13-20(17-25(6)7)24-16-15-23-10-2/h9,12-13,17,21-24H,1,3-4,10-11,14-16H2,2,5-8H3/b13-12-,20-17+. The third-order valence-electron chi connectivity index (χ3n) is 4.05. The Morgan fingerprint density at radius 2 is 1.81 bits per heavy atom. The van der Waals surface area contributed by atoms with Gasteiger partial charge in [0.15, 0.2) is 0 Å². The van der Waals surface area contributed by atoms with Gasteiger partial charge in [-0.1, -0.05) is 26.2 Å². The molecule has 0 saturated heterocycles. The highest BCUT2D eigenvalue weighted by atomic mass is 15.1. The summed E-state index contributed by atoms with van der Waals surface area (Å²) in [5.74, 6) is 0. The van der Waals surface area contributed by atoms with Crippen LogP contribution in [0.1, 0.15) is 19.8 Å². The van der Waals surface area contributed by atoms with E-state index in [1.807, 2.05) is 38.2 Å². The fraction of sp³-hybridized carbons (Fsp3) is 0.524. The Labute approximate surface area is 161 Å². The molecule has 0 aromatic heterocycles. The molecule has 0 aromatic rings. The average Bonchev–Trinajstić information content (AvgIpc) is 2.62. The van der Waals surface area contributed by atoms with E-state index in [1.165, 1.54) is 0 Å². The molecule has 148 valence electrons. The second kappa shape index (κ2) is 14.1. The Hall–Kier alpha value is -2.14. The minimum absolute atomic E-state index is 0.222. The molecule has 1 atom stereocenters. The number of hydrogen-bond acceptors (Lipinski definition) is 5. The Kier molecular flexibility index (Phi) is 12.9. The van der Waals surface area contributed by atoms with Gasteiger partial charge < -0.3 is 25.8 Å².